The third-order valence-corrected chi connectivity index (χ3v) is 6.90. The Hall–Kier alpha value is -2.92. The number of hydrogen-bond acceptors (Lipinski definition) is 3. The molecule has 0 saturated carbocycles. The summed E-state index contributed by atoms with van der Waals surface area (Å²) in [6, 6.07) is 18.7. The second kappa shape index (κ2) is 7.16. The largest absolute Gasteiger partial charge is 0.345 e. The predicted molar refractivity (Wildman–Crippen MR) is 118 cm³/mol. The molecule has 1 atom stereocenters. The van der Waals surface area contributed by atoms with Crippen molar-refractivity contribution in [3.8, 4) is 5.69 Å². The fourth-order valence-electron chi connectivity index (χ4n) is 4.26. The second-order valence-electron chi connectivity index (χ2n) is 7.73. The first-order valence-electron chi connectivity index (χ1n) is 10.1. The van der Waals surface area contributed by atoms with Crippen LogP contribution in [0.3, 0.4) is 0 Å². The number of aromatic nitrogens is 2. The van der Waals surface area contributed by atoms with Crippen LogP contribution < -0.4 is 5.32 Å². The van der Waals surface area contributed by atoms with E-state index in [4.69, 9.17) is 5.10 Å². The molecule has 1 aliphatic rings. The van der Waals surface area contributed by atoms with E-state index in [1.54, 1.807) is 0 Å². The first-order chi connectivity index (χ1) is 14.1. The standard InChI is InChI=1S/C24H23N3OS/c1-15-8-3-6-13-21(15)27-24-19(16(2)26-27)14-22(29-24)23(28)25-20-12-7-10-17-9-4-5-11-18(17)20/h3-6,8-9,11,13-14,20H,7,10,12H2,1-2H3,(H,25,28)/t20-/m0/s1. The van der Waals surface area contributed by atoms with Crippen molar-refractivity contribution in [3.63, 3.8) is 0 Å². The van der Waals surface area contributed by atoms with Crippen molar-refractivity contribution < 1.29 is 4.79 Å². The molecule has 5 rings (SSSR count). The summed E-state index contributed by atoms with van der Waals surface area (Å²) in [4.78, 5) is 14.8. The Morgan fingerprint density at radius 2 is 1.93 bits per heavy atom. The summed E-state index contributed by atoms with van der Waals surface area (Å²) in [7, 11) is 0. The summed E-state index contributed by atoms with van der Waals surface area (Å²) in [6.45, 7) is 4.09. The zero-order valence-corrected chi connectivity index (χ0v) is 17.4. The van der Waals surface area contributed by atoms with Gasteiger partial charge in [-0.05, 0) is 61.9 Å². The van der Waals surface area contributed by atoms with E-state index in [2.05, 4.69) is 48.6 Å². The van der Waals surface area contributed by atoms with Crippen molar-refractivity contribution in [2.75, 3.05) is 0 Å². The van der Waals surface area contributed by atoms with Gasteiger partial charge in [0, 0.05) is 5.39 Å². The molecule has 5 heteroatoms. The molecule has 0 saturated heterocycles. The molecule has 4 nitrogen and oxygen atoms in total. The smallest absolute Gasteiger partial charge is 0.261 e. The van der Waals surface area contributed by atoms with Crippen LogP contribution in [0.15, 0.2) is 54.6 Å². The summed E-state index contributed by atoms with van der Waals surface area (Å²) in [5, 5.41) is 9.04. The molecule has 146 valence electrons. The number of thiophene rings is 1. The van der Waals surface area contributed by atoms with Crippen LogP contribution in [0.5, 0.6) is 0 Å². The Kier molecular flexibility index (Phi) is 4.47. The van der Waals surface area contributed by atoms with E-state index in [0.717, 1.165) is 51.3 Å². The number of amides is 1. The van der Waals surface area contributed by atoms with Gasteiger partial charge in [-0.25, -0.2) is 4.68 Å². The summed E-state index contributed by atoms with van der Waals surface area (Å²) in [5.41, 5.74) is 5.78. The van der Waals surface area contributed by atoms with Crippen LogP contribution in [-0.2, 0) is 6.42 Å². The highest BCUT2D eigenvalue weighted by molar-refractivity contribution is 7.20. The highest BCUT2D eigenvalue weighted by atomic mass is 32.1. The lowest BCUT2D eigenvalue weighted by molar-refractivity contribution is 0.0937. The average Bonchev–Trinajstić information content (AvgIpc) is 3.30. The zero-order valence-electron chi connectivity index (χ0n) is 16.6. The van der Waals surface area contributed by atoms with Crippen LogP contribution >= 0.6 is 11.3 Å². The molecule has 2 heterocycles. The average molecular weight is 402 g/mol. The fraction of sp³-hybridized carbons (Fsp3) is 0.250. The summed E-state index contributed by atoms with van der Waals surface area (Å²) in [6.07, 6.45) is 3.19. The lowest BCUT2D eigenvalue weighted by Crippen LogP contribution is -2.30. The molecular formula is C24H23N3OS. The van der Waals surface area contributed by atoms with Gasteiger partial charge in [-0.15, -0.1) is 11.3 Å². The number of fused-ring (bicyclic) bond motifs is 2. The van der Waals surface area contributed by atoms with Gasteiger partial charge < -0.3 is 5.32 Å². The normalized spacial score (nSPS) is 16.0. The van der Waals surface area contributed by atoms with E-state index in [9.17, 15) is 4.79 Å². The number of carbonyl (C=O) groups is 1. The molecule has 0 radical (unpaired) electrons. The number of rotatable bonds is 3. The summed E-state index contributed by atoms with van der Waals surface area (Å²) < 4.78 is 1.97. The molecular weight excluding hydrogens is 378 g/mol. The first kappa shape index (κ1) is 18.1. The van der Waals surface area contributed by atoms with Crippen molar-refractivity contribution in [2.45, 2.75) is 39.2 Å². The van der Waals surface area contributed by atoms with Crippen LogP contribution in [0.1, 0.15) is 50.9 Å². The van der Waals surface area contributed by atoms with E-state index in [1.807, 2.05) is 29.8 Å². The Morgan fingerprint density at radius 3 is 2.79 bits per heavy atom. The van der Waals surface area contributed by atoms with Gasteiger partial charge in [0.15, 0.2) is 0 Å². The van der Waals surface area contributed by atoms with Gasteiger partial charge in [0.05, 0.1) is 22.3 Å². The molecule has 29 heavy (non-hydrogen) atoms. The number of nitrogens with zero attached hydrogens (tertiary/aromatic N) is 2. The first-order valence-corrected chi connectivity index (χ1v) is 10.9. The van der Waals surface area contributed by atoms with Crippen LogP contribution in [-0.4, -0.2) is 15.7 Å². The molecule has 0 spiro atoms. The molecule has 0 bridgehead atoms. The molecule has 1 amide bonds. The lowest BCUT2D eigenvalue weighted by atomic mass is 9.88. The molecule has 0 unspecified atom stereocenters. The maximum atomic E-state index is 13.1. The number of aryl methyl sites for hydroxylation is 3. The van der Waals surface area contributed by atoms with Crippen LogP contribution in [0.25, 0.3) is 15.9 Å². The highest BCUT2D eigenvalue weighted by Crippen LogP contribution is 2.33. The maximum absolute atomic E-state index is 13.1. The third-order valence-electron chi connectivity index (χ3n) is 5.79. The Labute approximate surface area is 174 Å². The molecule has 2 aromatic carbocycles. The quantitative estimate of drug-likeness (QED) is 0.492. The van der Waals surface area contributed by atoms with Gasteiger partial charge >= 0.3 is 0 Å². The van der Waals surface area contributed by atoms with Crippen molar-refractivity contribution in [2.24, 2.45) is 0 Å². The Morgan fingerprint density at radius 1 is 1.14 bits per heavy atom. The van der Waals surface area contributed by atoms with Crippen molar-refractivity contribution in [1.29, 1.82) is 0 Å². The van der Waals surface area contributed by atoms with Gasteiger partial charge in [0.2, 0.25) is 0 Å². The van der Waals surface area contributed by atoms with Crippen LogP contribution in [0.4, 0.5) is 0 Å². The molecule has 0 fully saturated rings. The minimum absolute atomic E-state index is 0.00337. The monoisotopic (exact) mass is 401 g/mol. The minimum Gasteiger partial charge on any atom is -0.345 e. The van der Waals surface area contributed by atoms with Gasteiger partial charge in [-0.3, -0.25) is 4.79 Å². The minimum atomic E-state index is 0.00337. The van der Waals surface area contributed by atoms with Gasteiger partial charge in [0.25, 0.3) is 5.91 Å². The van der Waals surface area contributed by atoms with E-state index < -0.39 is 0 Å². The van der Waals surface area contributed by atoms with E-state index in [-0.39, 0.29) is 11.9 Å². The highest BCUT2D eigenvalue weighted by Gasteiger charge is 2.24. The van der Waals surface area contributed by atoms with Crippen LogP contribution in [0.2, 0.25) is 0 Å². The SMILES string of the molecule is Cc1ccccc1-n1nc(C)c2cc(C(=O)N[C@H]3CCCc4ccccc43)sc21. The summed E-state index contributed by atoms with van der Waals surface area (Å²) in [5.74, 6) is 0.00337. The van der Waals surface area contributed by atoms with Crippen molar-refractivity contribution in [3.05, 3.63) is 81.9 Å². The van der Waals surface area contributed by atoms with Gasteiger partial charge in [-0.1, -0.05) is 42.5 Å². The van der Waals surface area contributed by atoms with E-state index in [0.29, 0.717) is 0 Å². The molecule has 1 N–H and O–H groups in total. The number of benzene rings is 2. The number of para-hydroxylation sites is 1. The van der Waals surface area contributed by atoms with Gasteiger partial charge in [0.1, 0.15) is 4.83 Å². The third kappa shape index (κ3) is 3.15. The maximum Gasteiger partial charge on any atom is 0.261 e. The topological polar surface area (TPSA) is 46.9 Å². The van der Waals surface area contributed by atoms with E-state index in [1.165, 1.54) is 22.5 Å². The molecule has 2 aromatic heterocycles. The predicted octanol–water partition coefficient (Wildman–Crippen LogP) is 5.51. The number of hydrogen-bond donors (Lipinski definition) is 1. The molecule has 4 aromatic rings. The second-order valence-corrected chi connectivity index (χ2v) is 8.76. The lowest BCUT2D eigenvalue weighted by Gasteiger charge is -2.26. The van der Waals surface area contributed by atoms with Crippen LogP contribution in [0, 0.1) is 13.8 Å². The Balaban J connectivity index is 1.48. The van der Waals surface area contributed by atoms with Crippen molar-refractivity contribution >= 4 is 27.5 Å². The summed E-state index contributed by atoms with van der Waals surface area (Å²) >= 11 is 1.51. The number of nitrogens with one attached hydrogen (secondary N) is 1. The fourth-order valence-corrected chi connectivity index (χ4v) is 5.34. The Bertz CT molecular complexity index is 1220. The van der Waals surface area contributed by atoms with Crippen molar-refractivity contribution in [1.82, 2.24) is 15.1 Å². The molecule has 0 aliphatic heterocycles. The zero-order chi connectivity index (χ0) is 20.0. The van der Waals surface area contributed by atoms with Gasteiger partial charge in [-0.2, -0.15) is 5.10 Å². The number of carbonyl (C=O) groups excluding carboxylic acids is 1. The van der Waals surface area contributed by atoms with E-state index >= 15 is 0 Å². The molecule has 1 aliphatic carbocycles.